The summed E-state index contributed by atoms with van der Waals surface area (Å²) in [7, 11) is 0. The number of aliphatic hydroxyl groups excluding tert-OH is 8. The normalized spacial score (nSPS) is 23.7. The van der Waals surface area contributed by atoms with Crippen molar-refractivity contribution in [2.45, 2.75) is 338 Å². The molecule has 0 radical (unpaired) electrons. The van der Waals surface area contributed by atoms with Crippen molar-refractivity contribution in [2.24, 2.45) is 0 Å². The molecule has 89 heavy (non-hydrogen) atoms. The molecule has 0 bridgehead atoms. The number of hydrogen-bond donors (Lipinski definition) is 9. The summed E-state index contributed by atoms with van der Waals surface area (Å²) < 4.78 is 22.8. The second-order valence-corrected chi connectivity index (χ2v) is 24.6. The molecule has 0 aromatic carbocycles. The van der Waals surface area contributed by atoms with E-state index in [-0.39, 0.29) is 18.9 Å². The molecule has 0 spiro atoms. The number of aliphatic hydroxyl groups is 8. The second kappa shape index (κ2) is 58.5. The molecule has 512 valence electrons. The van der Waals surface area contributed by atoms with Gasteiger partial charge in [0.1, 0.15) is 48.8 Å². The Labute approximate surface area is 540 Å². The molecule has 0 aromatic rings. The van der Waals surface area contributed by atoms with Gasteiger partial charge in [-0.25, -0.2) is 0 Å². The van der Waals surface area contributed by atoms with Gasteiger partial charge in [-0.1, -0.05) is 277 Å². The lowest BCUT2D eigenvalue weighted by Gasteiger charge is -2.46. The predicted molar refractivity (Wildman–Crippen MR) is 364 cm³/mol. The highest BCUT2D eigenvalue weighted by Crippen LogP contribution is 2.30. The largest absolute Gasteiger partial charge is 0.394 e. The van der Waals surface area contributed by atoms with Gasteiger partial charge in [-0.05, 0) is 89.9 Å². The Hall–Kier alpha value is -3.35. The van der Waals surface area contributed by atoms with E-state index in [0.29, 0.717) is 12.8 Å². The Morgan fingerprint density at radius 3 is 1.24 bits per heavy atom. The van der Waals surface area contributed by atoms with E-state index in [9.17, 15) is 45.6 Å². The molecule has 9 N–H and O–H groups in total. The average Bonchev–Trinajstić information content (AvgIpc) is 2.74. The fraction of sp³-hybridized carbons (Fsp3) is 0.747. The SMILES string of the molecule is CC/C=C\C/C=C\C/C=C\C/C=C\C/C=C\C/C=C\C/C=C\CCCCCCCCCCCCCCCCCCCCCC(=O)NC(COC1OC(CO)C(OC2OC(CO)C(O)C(O)C2O)C(O)C1O)C(O)/C=C/CC/C=C/CCCCCCCCCC. The number of allylic oxidation sites excluding steroid dienone is 17. The molecule has 2 rings (SSSR count). The van der Waals surface area contributed by atoms with Crippen LogP contribution in [0, 0.1) is 0 Å². The highest BCUT2D eigenvalue weighted by molar-refractivity contribution is 5.76. The van der Waals surface area contributed by atoms with Crippen molar-refractivity contribution in [2.75, 3.05) is 19.8 Å². The first-order valence-corrected chi connectivity index (χ1v) is 35.6. The summed E-state index contributed by atoms with van der Waals surface area (Å²) >= 11 is 0. The van der Waals surface area contributed by atoms with Crippen LogP contribution < -0.4 is 5.32 Å². The maximum atomic E-state index is 13.3. The first-order valence-electron chi connectivity index (χ1n) is 35.6. The smallest absolute Gasteiger partial charge is 0.220 e. The predicted octanol–water partition coefficient (Wildman–Crippen LogP) is 14.7. The highest BCUT2D eigenvalue weighted by atomic mass is 16.7. The Bertz CT molecular complexity index is 1910. The van der Waals surface area contributed by atoms with Crippen LogP contribution in [0.2, 0.25) is 0 Å². The standard InChI is InChI=1S/C75H129NO13/c1-3-5-7-9-11-13-15-17-19-20-21-22-23-24-25-26-27-28-29-30-31-32-33-34-35-36-37-38-39-40-41-42-43-44-45-47-49-51-53-55-57-59-67(80)76-63(64(79)58-56-54-52-50-48-46-18-16-14-12-10-8-6-4-2)62-86-74-72(85)70(83)73(66(61-78)88-74)89-75-71(84)69(82)68(81)65(60-77)87-75/h5,7,11,13,17,19,21-22,24-25,27-28,30-31,48,50,56,58,63-66,68-75,77-79,81-85H,3-4,6,8-10,12,14-16,18,20,23,26,29,32-47,49,51-55,57,59-62H2,1-2H3,(H,76,80)/b7-5-,13-11-,19-17-,22-21-,25-24-,28-27-,31-30-,50-48+,58-56+. The molecular formula is C75H129NO13. The van der Waals surface area contributed by atoms with Gasteiger partial charge in [0, 0.05) is 6.42 Å². The van der Waals surface area contributed by atoms with E-state index in [2.05, 4.69) is 116 Å². The molecule has 2 heterocycles. The van der Waals surface area contributed by atoms with E-state index in [1.54, 1.807) is 6.08 Å². The summed E-state index contributed by atoms with van der Waals surface area (Å²) in [6, 6.07) is -0.935. The van der Waals surface area contributed by atoms with Crippen LogP contribution >= 0.6 is 0 Å². The molecule has 0 aliphatic carbocycles. The highest BCUT2D eigenvalue weighted by Gasteiger charge is 2.51. The molecule has 2 fully saturated rings. The number of unbranched alkanes of at least 4 members (excludes halogenated alkanes) is 28. The van der Waals surface area contributed by atoms with E-state index in [1.807, 2.05) is 6.08 Å². The minimum Gasteiger partial charge on any atom is -0.394 e. The number of amides is 1. The molecule has 2 aliphatic rings. The van der Waals surface area contributed by atoms with E-state index < -0.39 is 86.8 Å². The number of hydrogen-bond acceptors (Lipinski definition) is 13. The summed E-state index contributed by atoms with van der Waals surface area (Å²) in [6.07, 6.45) is 67.4. The van der Waals surface area contributed by atoms with E-state index in [4.69, 9.17) is 18.9 Å². The van der Waals surface area contributed by atoms with Crippen molar-refractivity contribution in [3.63, 3.8) is 0 Å². The van der Waals surface area contributed by atoms with Crippen LogP contribution in [-0.4, -0.2) is 140 Å². The Balaban J connectivity index is 1.57. The third kappa shape index (κ3) is 42.5. The Morgan fingerprint density at radius 1 is 0.416 bits per heavy atom. The van der Waals surface area contributed by atoms with Crippen molar-refractivity contribution >= 4 is 5.91 Å². The fourth-order valence-electron chi connectivity index (χ4n) is 11.1. The average molecular weight is 1250 g/mol. The van der Waals surface area contributed by atoms with Crippen LogP contribution in [0.3, 0.4) is 0 Å². The summed E-state index contributed by atoms with van der Waals surface area (Å²) in [6.45, 7) is 2.66. The number of carbonyl (C=O) groups excluding carboxylic acids is 1. The van der Waals surface area contributed by atoms with Gasteiger partial charge in [-0.3, -0.25) is 4.79 Å². The van der Waals surface area contributed by atoms with E-state index in [1.165, 1.54) is 154 Å². The topological polar surface area (TPSA) is 228 Å². The molecule has 2 aliphatic heterocycles. The lowest BCUT2D eigenvalue weighted by atomic mass is 9.97. The maximum Gasteiger partial charge on any atom is 0.220 e. The second-order valence-electron chi connectivity index (χ2n) is 24.6. The van der Waals surface area contributed by atoms with Crippen molar-refractivity contribution in [3.8, 4) is 0 Å². The Kier molecular flexibility index (Phi) is 53.7. The molecule has 14 heteroatoms. The molecule has 12 unspecified atom stereocenters. The van der Waals surface area contributed by atoms with Gasteiger partial charge >= 0.3 is 0 Å². The first-order chi connectivity index (χ1) is 43.6. The molecule has 2 saturated heterocycles. The van der Waals surface area contributed by atoms with Crippen LogP contribution in [0.15, 0.2) is 109 Å². The molecular weight excluding hydrogens is 1120 g/mol. The zero-order chi connectivity index (χ0) is 64.5. The monoisotopic (exact) mass is 1250 g/mol. The van der Waals surface area contributed by atoms with Gasteiger partial charge in [0.15, 0.2) is 12.6 Å². The number of carbonyl (C=O) groups is 1. The molecule has 0 saturated carbocycles. The zero-order valence-electron chi connectivity index (χ0n) is 55.6. The fourth-order valence-corrected chi connectivity index (χ4v) is 11.1. The van der Waals surface area contributed by atoms with E-state index >= 15 is 0 Å². The van der Waals surface area contributed by atoms with Crippen molar-refractivity contribution in [1.82, 2.24) is 5.32 Å². The van der Waals surface area contributed by atoms with Crippen molar-refractivity contribution < 1.29 is 64.6 Å². The molecule has 0 aromatic heterocycles. The van der Waals surface area contributed by atoms with Crippen LogP contribution in [0.25, 0.3) is 0 Å². The van der Waals surface area contributed by atoms with Crippen LogP contribution in [0.5, 0.6) is 0 Å². The first kappa shape index (κ1) is 81.7. The summed E-state index contributed by atoms with van der Waals surface area (Å²) in [5.74, 6) is -0.250. The number of ether oxygens (including phenoxy) is 4. The molecule has 14 nitrogen and oxygen atoms in total. The minimum atomic E-state index is -1.79. The van der Waals surface area contributed by atoms with Crippen LogP contribution in [0.1, 0.15) is 264 Å². The summed E-state index contributed by atoms with van der Waals surface area (Å²) in [5.41, 5.74) is 0. The number of rotatable bonds is 57. The van der Waals surface area contributed by atoms with Gasteiger partial charge in [-0.15, -0.1) is 0 Å². The van der Waals surface area contributed by atoms with Gasteiger partial charge in [0.25, 0.3) is 0 Å². The van der Waals surface area contributed by atoms with Gasteiger partial charge in [-0.2, -0.15) is 0 Å². The van der Waals surface area contributed by atoms with E-state index in [0.717, 1.165) is 77.0 Å². The van der Waals surface area contributed by atoms with Gasteiger partial charge in [0.05, 0.1) is 32.0 Å². The third-order valence-corrected chi connectivity index (χ3v) is 16.7. The van der Waals surface area contributed by atoms with Crippen molar-refractivity contribution in [1.29, 1.82) is 0 Å². The quantitative estimate of drug-likeness (QED) is 0.0204. The molecule has 12 atom stereocenters. The van der Waals surface area contributed by atoms with Crippen LogP contribution in [0.4, 0.5) is 0 Å². The lowest BCUT2D eigenvalue weighted by molar-refractivity contribution is -0.359. The lowest BCUT2D eigenvalue weighted by Crippen LogP contribution is -2.65. The Morgan fingerprint density at radius 2 is 0.787 bits per heavy atom. The minimum absolute atomic E-state index is 0.250. The summed E-state index contributed by atoms with van der Waals surface area (Å²) in [5, 5.41) is 87.2. The maximum absolute atomic E-state index is 13.3. The van der Waals surface area contributed by atoms with Gasteiger partial charge < -0.3 is 65.1 Å². The van der Waals surface area contributed by atoms with Gasteiger partial charge in [0.2, 0.25) is 5.91 Å². The third-order valence-electron chi connectivity index (χ3n) is 16.7. The molecule has 1 amide bonds. The zero-order valence-corrected chi connectivity index (χ0v) is 55.6. The van der Waals surface area contributed by atoms with Crippen LogP contribution in [-0.2, 0) is 23.7 Å². The number of nitrogens with one attached hydrogen (secondary N) is 1. The summed E-state index contributed by atoms with van der Waals surface area (Å²) in [4.78, 5) is 13.3. The van der Waals surface area contributed by atoms with Crippen molar-refractivity contribution in [3.05, 3.63) is 109 Å².